The van der Waals surface area contributed by atoms with Gasteiger partial charge in [-0.2, -0.15) is 5.10 Å². The summed E-state index contributed by atoms with van der Waals surface area (Å²) >= 11 is 0. The van der Waals surface area contributed by atoms with Crippen LogP contribution in [0.4, 0.5) is 0 Å². The van der Waals surface area contributed by atoms with Crippen LogP contribution in [-0.2, 0) is 7.05 Å². The Balaban J connectivity index is 2.13. The summed E-state index contributed by atoms with van der Waals surface area (Å²) in [4.78, 5) is 25.4. The van der Waals surface area contributed by atoms with Crippen molar-refractivity contribution in [1.82, 2.24) is 14.7 Å². The molecule has 1 saturated heterocycles. The number of amides is 1. The van der Waals surface area contributed by atoms with Crippen molar-refractivity contribution in [2.24, 2.45) is 7.05 Å². The predicted octanol–water partition coefficient (Wildman–Crippen LogP) is 1.19. The molecular formula is C13H19N3O2. The van der Waals surface area contributed by atoms with E-state index >= 15 is 0 Å². The number of carbonyl (C=O) groups is 1. The molecule has 1 fully saturated rings. The normalized spacial score (nSPS) is 17.1. The molecule has 98 valence electrons. The van der Waals surface area contributed by atoms with E-state index in [1.165, 1.54) is 36.1 Å². The lowest BCUT2D eigenvalue weighted by Gasteiger charge is -2.24. The van der Waals surface area contributed by atoms with Gasteiger partial charge in [-0.1, -0.05) is 19.3 Å². The second-order valence-electron chi connectivity index (χ2n) is 4.74. The monoisotopic (exact) mass is 249 g/mol. The number of aromatic nitrogens is 2. The van der Waals surface area contributed by atoms with E-state index in [-0.39, 0.29) is 11.5 Å². The molecule has 5 heteroatoms. The third-order valence-electron chi connectivity index (χ3n) is 3.32. The lowest BCUT2D eigenvalue weighted by molar-refractivity contribution is 0.0734. The van der Waals surface area contributed by atoms with Gasteiger partial charge in [-0.3, -0.25) is 9.59 Å². The van der Waals surface area contributed by atoms with Crippen molar-refractivity contribution >= 4 is 5.91 Å². The van der Waals surface area contributed by atoms with Crippen LogP contribution in [-0.4, -0.2) is 33.7 Å². The van der Waals surface area contributed by atoms with Gasteiger partial charge in [0.15, 0.2) is 0 Å². The number of carbonyl (C=O) groups excluding carboxylic acids is 1. The highest BCUT2D eigenvalue weighted by atomic mass is 16.2. The lowest BCUT2D eigenvalue weighted by Crippen LogP contribution is -2.35. The molecule has 0 atom stereocenters. The van der Waals surface area contributed by atoms with Crippen molar-refractivity contribution in [3.05, 3.63) is 28.2 Å². The minimum atomic E-state index is -0.195. The van der Waals surface area contributed by atoms with Gasteiger partial charge in [-0.15, -0.1) is 0 Å². The molecule has 0 N–H and O–H groups in total. The van der Waals surface area contributed by atoms with Crippen LogP contribution in [0.25, 0.3) is 0 Å². The minimum absolute atomic E-state index is 0.0625. The van der Waals surface area contributed by atoms with Crippen LogP contribution in [0.5, 0.6) is 0 Å². The Hall–Kier alpha value is -1.65. The van der Waals surface area contributed by atoms with E-state index in [1.807, 2.05) is 4.90 Å². The molecule has 1 aromatic heterocycles. The van der Waals surface area contributed by atoms with E-state index in [0.29, 0.717) is 5.69 Å². The van der Waals surface area contributed by atoms with Gasteiger partial charge in [0.25, 0.3) is 11.5 Å². The zero-order valence-electron chi connectivity index (χ0n) is 10.8. The third-order valence-corrected chi connectivity index (χ3v) is 3.32. The second kappa shape index (κ2) is 5.80. The highest BCUT2D eigenvalue weighted by Gasteiger charge is 2.18. The summed E-state index contributed by atoms with van der Waals surface area (Å²) in [7, 11) is 1.56. The molecule has 1 aromatic rings. The highest BCUT2D eigenvalue weighted by Crippen LogP contribution is 2.12. The Morgan fingerprint density at radius 3 is 2.33 bits per heavy atom. The van der Waals surface area contributed by atoms with Crippen molar-refractivity contribution in [3.63, 3.8) is 0 Å². The molecule has 18 heavy (non-hydrogen) atoms. The first-order valence-corrected chi connectivity index (χ1v) is 6.52. The number of hydrogen-bond donors (Lipinski definition) is 0. The van der Waals surface area contributed by atoms with Crippen molar-refractivity contribution in [2.45, 2.75) is 32.1 Å². The summed E-state index contributed by atoms with van der Waals surface area (Å²) < 4.78 is 1.21. The summed E-state index contributed by atoms with van der Waals surface area (Å²) in [5.74, 6) is -0.0625. The van der Waals surface area contributed by atoms with Gasteiger partial charge >= 0.3 is 0 Å². The van der Waals surface area contributed by atoms with E-state index in [2.05, 4.69) is 5.10 Å². The van der Waals surface area contributed by atoms with Gasteiger partial charge in [0.1, 0.15) is 5.69 Å². The predicted molar refractivity (Wildman–Crippen MR) is 68.5 cm³/mol. The average Bonchev–Trinajstić information content (AvgIpc) is 2.31. The molecule has 2 heterocycles. The van der Waals surface area contributed by atoms with Crippen LogP contribution in [0.3, 0.4) is 0 Å². The van der Waals surface area contributed by atoms with Gasteiger partial charge in [0.2, 0.25) is 0 Å². The fraction of sp³-hybridized carbons (Fsp3) is 0.615. The molecule has 0 unspecified atom stereocenters. The van der Waals surface area contributed by atoms with E-state index in [0.717, 1.165) is 25.9 Å². The van der Waals surface area contributed by atoms with Crippen LogP contribution in [0.1, 0.15) is 42.6 Å². The zero-order valence-corrected chi connectivity index (χ0v) is 10.8. The number of hydrogen-bond acceptors (Lipinski definition) is 3. The SMILES string of the molecule is Cn1nc(C(=O)N2CCCCCCC2)ccc1=O. The van der Waals surface area contributed by atoms with Crippen LogP contribution in [0, 0.1) is 0 Å². The van der Waals surface area contributed by atoms with Gasteiger partial charge in [0, 0.05) is 26.2 Å². The molecule has 0 spiro atoms. The minimum Gasteiger partial charge on any atom is -0.337 e. The molecule has 1 aliphatic rings. The number of likely N-dealkylation sites (tertiary alicyclic amines) is 1. The summed E-state index contributed by atoms with van der Waals surface area (Å²) in [5, 5.41) is 4.01. The van der Waals surface area contributed by atoms with Crippen LogP contribution in [0.15, 0.2) is 16.9 Å². The molecule has 1 aliphatic heterocycles. The molecule has 0 saturated carbocycles. The summed E-state index contributed by atoms with van der Waals surface area (Å²) in [5.41, 5.74) is 0.164. The third kappa shape index (κ3) is 2.97. The Bertz CT molecular complexity index is 473. The molecule has 2 rings (SSSR count). The molecule has 0 aliphatic carbocycles. The Kier molecular flexibility index (Phi) is 4.12. The van der Waals surface area contributed by atoms with E-state index in [4.69, 9.17) is 0 Å². The van der Waals surface area contributed by atoms with Crippen LogP contribution in [0.2, 0.25) is 0 Å². The standard InChI is InChI=1S/C13H19N3O2/c1-15-12(17)8-7-11(14-15)13(18)16-9-5-3-2-4-6-10-16/h7-8H,2-6,9-10H2,1H3. The smallest absolute Gasteiger partial charge is 0.274 e. The Morgan fingerprint density at radius 2 is 1.72 bits per heavy atom. The van der Waals surface area contributed by atoms with Crippen molar-refractivity contribution in [1.29, 1.82) is 0 Å². The Labute approximate surface area is 106 Å². The van der Waals surface area contributed by atoms with Gasteiger partial charge in [0.05, 0.1) is 0 Å². The first-order chi connectivity index (χ1) is 8.68. The van der Waals surface area contributed by atoms with Crippen LogP contribution >= 0.6 is 0 Å². The summed E-state index contributed by atoms with van der Waals surface area (Å²) in [6.07, 6.45) is 5.74. The largest absolute Gasteiger partial charge is 0.337 e. The average molecular weight is 249 g/mol. The molecule has 5 nitrogen and oxygen atoms in total. The van der Waals surface area contributed by atoms with Gasteiger partial charge < -0.3 is 4.90 Å². The fourth-order valence-electron chi connectivity index (χ4n) is 2.23. The highest BCUT2D eigenvalue weighted by molar-refractivity contribution is 5.92. The van der Waals surface area contributed by atoms with E-state index in [9.17, 15) is 9.59 Å². The van der Waals surface area contributed by atoms with Gasteiger partial charge in [-0.25, -0.2) is 4.68 Å². The Morgan fingerprint density at radius 1 is 1.11 bits per heavy atom. The van der Waals surface area contributed by atoms with Crippen LogP contribution < -0.4 is 5.56 Å². The maximum Gasteiger partial charge on any atom is 0.274 e. The molecule has 0 radical (unpaired) electrons. The second-order valence-corrected chi connectivity index (χ2v) is 4.74. The van der Waals surface area contributed by atoms with Crippen molar-refractivity contribution < 1.29 is 4.79 Å². The number of nitrogens with zero attached hydrogens (tertiary/aromatic N) is 3. The van der Waals surface area contributed by atoms with Crippen molar-refractivity contribution in [3.8, 4) is 0 Å². The number of aryl methyl sites for hydroxylation is 1. The topological polar surface area (TPSA) is 55.2 Å². The fourth-order valence-corrected chi connectivity index (χ4v) is 2.23. The summed E-state index contributed by atoms with van der Waals surface area (Å²) in [6.45, 7) is 1.59. The molecule has 0 aromatic carbocycles. The van der Waals surface area contributed by atoms with Crippen molar-refractivity contribution in [2.75, 3.05) is 13.1 Å². The van der Waals surface area contributed by atoms with E-state index in [1.54, 1.807) is 7.05 Å². The first-order valence-electron chi connectivity index (χ1n) is 6.52. The maximum absolute atomic E-state index is 12.3. The number of rotatable bonds is 1. The maximum atomic E-state index is 12.3. The zero-order chi connectivity index (χ0) is 13.0. The lowest BCUT2D eigenvalue weighted by atomic mass is 10.1. The van der Waals surface area contributed by atoms with E-state index < -0.39 is 0 Å². The first kappa shape index (κ1) is 12.8. The summed E-state index contributed by atoms with van der Waals surface area (Å²) in [6, 6.07) is 2.91. The molecular weight excluding hydrogens is 230 g/mol. The van der Waals surface area contributed by atoms with Gasteiger partial charge in [-0.05, 0) is 18.9 Å². The quantitative estimate of drug-likeness (QED) is 0.751. The molecule has 1 amide bonds. The molecule has 0 bridgehead atoms.